The van der Waals surface area contributed by atoms with E-state index in [4.69, 9.17) is 21.1 Å². The molecular weight excluding hydrogens is 264 g/mol. The molecule has 0 spiro atoms. The third-order valence-electron chi connectivity index (χ3n) is 2.61. The van der Waals surface area contributed by atoms with Gasteiger partial charge in [0.1, 0.15) is 23.0 Å². The molecule has 4 nitrogen and oxygen atoms in total. The van der Waals surface area contributed by atoms with Crippen LogP contribution in [0, 0.1) is 0 Å². The molecule has 2 aromatic rings. The van der Waals surface area contributed by atoms with Crippen molar-refractivity contribution in [2.45, 2.75) is 19.8 Å². The zero-order valence-corrected chi connectivity index (χ0v) is 11.6. The fraction of sp³-hybridized carbons (Fsp3) is 0.286. The topological polar surface area (TPSA) is 44.2 Å². The summed E-state index contributed by atoms with van der Waals surface area (Å²) in [5.74, 6) is 1.89. The Kier molecular flexibility index (Phi) is 4.58. The first kappa shape index (κ1) is 13.6. The van der Waals surface area contributed by atoms with E-state index in [2.05, 4.69) is 16.9 Å². The summed E-state index contributed by atoms with van der Waals surface area (Å²) >= 11 is 6.08. The van der Waals surface area contributed by atoms with E-state index in [9.17, 15) is 0 Å². The minimum absolute atomic E-state index is 0.440. The molecule has 0 unspecified atom stereocenters. The zero-order valence-electron chi connectivity index (χ0n) is 10.9. The van der Waals surface area contributed by atoms with Gasteiger partial charge in [-0.2, -0.15) is 0 Å². The molecule has 1 aromatic heterocycles. The van der Waals surface area contributed by atoms with Crippen LogP contribution < -0.4 is 9.47 Å². The quantitative estimate of drug-likeness (QED) is 0.779. The lowest BCUT2D eigenvalue weighted by Gasteiger charge is -2.10. The fourth-order valence-electron chi connectivity index (χ4n) is 1.70. The highest BCUT2D eigenvalue weighted by Crippen LogP contribution is 2.29. The number of rotatable bonds is 5. The van der Waals surface area contributed by atoms with Crippen LogP contribution in [0.15, 0.2) is 30.6 Å². The normalized spacial score (nSPS) is 10.3. The molecule has 1 heterocycles. The molecule has 0 aliphatic rings. The molecule has 0 aliphatic heterocycles. The molecule has 100 valence electrons. The highest BCUT2D eigenvalue weighted by molar-refractivity contribution is 6.30. The number of hydrogen-bond donors (Lipinski definition) is 0. The van der Waals surface area contributed by atoms with Crippen LogP contribution in [0.5, 0.6) is 17.4 Å². The monoisotopic (exact) mass is 278 g/mol. The van der Waals surface area contributed by atoms with Crippen molar-refractivity contribution in [3.63, 3.8) is 0 Å². The fourth-order valence-corrected chi connectivity index (χ4v) is 1.92. The van der Waals surface area contributed by atoms with Gasteiger partial charge in [-0.3, -0.25) is 0 Å². The van der Waals surface area contributed by atoms with Crippen molar-refractivity contribution in [1.29, 1.82) is 0 Å². The first-order valence-electron chi connectivity index (χ1n) is 6.06. The van der Waals surface area contributed by atoms with Crippen molar-refractivity contribution in [1.82, 2.24) is 9.97 Å². The van der Waals surface area contributed by atoms with Gasteiger partial charge < -0.3 is 9.47 Å². The average molecular weight is 279 g/mol. The molecule has 0 N–H and O–H groups in total. The van der Waals surface area contributed by atoms with E-state index in [1.807, 2.05) is 18.2 Å². The van der Waals surface area contributed by atoms with Crippen molar-refractivity contribution >= 4 is 11.6 Å². The molecule has 2 rings (SSSR count). The van der Waals surface area contributed by atoms with Crippen LogP contribution in [-0.4, -0.2) is 17.1 Å². The van der Waals surface area contributed by atoms with Gasteiger partial charge in [0.05, 0.1) is 12.7 Å². The summed E-state index contributed by atoms with van der Waals surface area (Å²) in [6.45, 7) is 2.07. The van der Waals surface area contributed by atoms with E-state index in [1.54, 1.807) is 13.2 Å². The number of aromatic nitrogens is 2. The molecule has 0 saturated heterocycles. The molecule has 0 radical (unpaired) electrons. The maximum absolute atomic E-state index is 6.08. The Labute approximate surface area is 117 Å². The van der Waals surface area contributed by atoms with E-state index in [0.717, 1.165) is 24.2 Å². The van der Waals surface area contributed by atoms with E-state index < -0.39 is 0 Å². The smallest absolute Gasteiger partial charge is 0.227 e. The lowest BCUT2D eigenvalue weighted by atomic mass is 10.2. The second-order valence-electron chi connectivity index (χ2n) is 3.98. The number of ether oxygens (including phenoxy) is 2. The number of halogens is 1. The van der Waals surface area contributed by atoms with E-state index >= 15 is 0 Å². The second-order valence-corrected chi connectivity index (χ2v) is 4.34. The minimum Gasteiger partial charge on any atom is -0.497 e. The third-order valence-corrected chi connectivity index (χ3v) is 2.93. The number of methoxy groups -OCH3 is 1. The molecule has 19 heavy (non-hydrogen) atoms. The molecular formula is C14H15ClN2O2. The lowest BCUT2D eigenvalue weighted by Crippen LogP contribution is -1.98. The molecule has 1 aromatic carbocycles. The predicted molar refractivity (Wildman–Crippen MR) is 74.1 cm³/mol. The Bertz CT molecular complexity index is 561. The highest BCUT2D eigenvalue weighted by atomic mass is 35.5. The van der Waals surface area contributed by atoms with Gasteiger partial charge in [-0.05, 0) is 18.6 Å². The van der Waals surface area contributed by atoms with Crippen LogP contribution in [0.25, 0.3) is 0 Å². The molecule has 5 heteroatoms. The summed E-state index contributed by atoms with van der Waals surface area (Å²) in [6, 6.07) is 7.35. The van der Waals surface area contributed by atoms with Crippen LogP contribution in [-0.2, 0) is 6.42 Å². The maximum Gasteiger partial charge on any atom is 0.227 e. The van der Waals surface area contributed by atoms with E-state index in [1.165, 1.54) is 6.33 Å². The molecule has 0 fully saturated rings. The van der Waals surface area contributed by atoms with Crippen molar-refractivity contribution in [2.75, 3.05) is 7.11 Å². The van der Waals surface area contributed by atoms with Gasteiger partial charge in [0.15, 0.2) is 0 Å². The first-order valence-corrected chi connectivity index (χ1v) is 6.43. The Morgan fingerprint density at radius 1 is 1.21 bits per heavy atom. The lowest BCUT2D eigenvalue weighted by molar-refractivity contribution is 0.406. The van der Waals surface area contributed by atoms with Crippen molar-refractivity contribution in [3.05, 3.63) is 41.3 Å². The molecule has 0 saturated carbocycles. The summed E-state index contributed by atoms with van der Waals surface area (Å²) in [6.07, 6.45) is 3.12. The van der Waals surface area contributed by atoms with E-state index in [0.29, 0.717) is 16.8 Å². The molecule has 0 atom stereocenters. The average Bonchev–Trinajstić information content (AvgIpc) is 2.43. The molecule has 0 bridgehead atoms. The Hall–Kier alpha value is -1.81. The second kappa shape index (κ2) is 6.38. The third kappa shape index (κ3) is 3.35. The molecule has 0 aliphatic carbocycles. The van der Waals surface area contributed by atoms with Crippen molar-refractivity contribution < 1.29 is 9.47 Å². The number of hydrogen-bond acceptors (Lipinski definition) is 4. The van der Waals surface area contributed by atoms with Gasteiger partial charge in [0.25, 0.3) is 0 Å². The van der Waals surface area contributed by atoms with Gasteiger partial charge in [-0.1, -0.05) is 31.0 Å². The summed E-state index contributed by atoms with van der Waals surface area (Å²) in [5, 5.41) is 0.440. The van der Waals surface area contributed by atoms with Crippen molar-refractivity contribution in [3.8, 4) is 17.4 Å². The summed E-state index contributed by atoms with van der Waals surface area (Å²) in [4.78, 5) is 8.13. The van der Waals surface area contributed by atoms with Gasteiger partial charge in [0.2, 0.25) is 5.88 Å². The van der Waals surface area contributed by atoms with Crippen LogP contribution in [0.2, 0.25) is 5.15 Å². The summed E-state index contributed by atoms with van der Waals surface area (Å²) in [5.41, 5.74) is 0.828. The standard InChI is InChI=1S/C14H15ClN2O2/c1-3-5-12-13(15)16-9-17-14(12)19-11-7-4-6-10(8-11)18-2/h4,6-9H,3,5H2,1-2H3. The number of nitrogens with zero attached hydrogens (tertiary/aromatic N) is 2. The van der Waals surface area contributed by atoms with Crippen LogP contribution in [0.3, 0.4) is 0 Å². The highest BCUT2D eigenvalue weighted by Gasteiger charge is 2.11. The largest absolute Gasteiger partial charge is 0.497 e. The van der Waals surface area contributed by atoms with Gasteiger partial charge in [-0.15, -0.1) is 0 Å². The Morgan fingerprint density at radius 2 is 2.00 bits per heavy atom. The van der Waals surface area contributed by atoms with Gasteiger partial charge >= 0.3 is 0 Å². The predicted octanol–water partition coefficient (Wildman–Crippen LogP) is 3.88. The van der Waals surface area contributed by atoms with E-state index in [-0.39, 0.29) is 0 Å². The SMILES string of the molecule is CCCc1c(Cl)ncnc1Oc1cccc(OC)c1. The van der Waals surface area contributed by atoms with Gasteiger partial charge in [0, 0.05) is 6.07 Å². The Morgan fingerprint density at radius 3 is 2.74 bits per heavy atom. The van der Waals surface area contributed by atoms with Crippen LogP contribution in [0.4, 0.5) is 0 Å². The number of benzene rings is 1. The molecule has 0 amide bonds. The van der Waals surface area contributed by atoms with Crippen LogP contribution >= 0.6 is 11.6 Å². The zero-order chi connectivity index (χ0) is 13.7. The van der Waals surface area contributed by atoms with Crippen LogP contribution in [0.1, 0.15) is 18.9 Å². The first-order chi connectivity index (χ1) is 9.24. The van der Waals surface area contributed by atoms with Gasteiger partial charge in [-0.25, -0.2) is 9.97 Å². The van der Waals surface area contributed by atoms with Crippen molar-refractivity contribution in [2.24, 2.45) is 0 Å². The minimum atomic E-state index is 0.440. The Balaban J connectivity index is 2.29. The maximum atomic E-state index is 6.08. The summed E-state index contributed by atoms with van der Waals surface area (Å²) in [7, 11) is 1.61. The summed E-state index contributed by atoms with van der Waals surface area (Å²) < 4.78 is 10.9.